The molecule has 0 atom stereocenters. The van der Waals surface area contributed by atoms with Crippen LogP contribution in [0.1, 0.15) is 33.6 Å². The number of aliphatic hydroxyl groups is 1. The van der Waals surface area contributed by atoms with Gasteiger partial charge in [0.25, 0.3) is 5.91 Å². The average molecular weight is 258 g/mol. The predicted octanol–water partition coefficient (Wildman–Crippen LogP) is 0.374. The highest BCUT2D eigenvalue weighted by Gasteiger charge is 2.42. The smallest absolute Gasteiger partial charge is 0.254 e. The highest BCUT2D eigenvalue weighted by Crippen LogP contribution is 2.25. The molecule has 5 nitrogen and oxygen atoms in total. The number of carbonyl (C=O) groups is 1. The minimum Gasteiger partial charge on any atom is -0.389 e. The van der Waals surface area contributed by atoms with Crippen molar-refractivity contribution in [1.82, 2.24) is 10.2 Å². The number of hydrogen-bond donors (Lipinski definition) is 2. The molecule has 1 amide bonds. The van der Waals surface area contributed by atoms with Crippen molar-refractivity contribution >= 4 is 5.91 Å². The molecule has 1 rings (SSSR count). The molecule has 0 unspecified atom stereocenters. The van der Waals surface area contributed by atoms with Crippen LogP contribution in [-0.2, 0) is 9.53 Å². The molecule has 2 N–H and O–H groups in total. The summed E-state index contributed by atoms with van der Waals surface area (Å²) in [7, 11) is 1.60. The van der Waals surface area contributed by atoms with E-state index in [2.05, 4.69) is 5.32 Å². The van der Waals surface area contributed by atoms with Crippen LogP contribution in [0.5, 0.6) is 0 Å². The van der Waals surface area contributed by atoms with E-state index in [0.29, 0.717) is 25.9 Å². The summed E-state index contributed by atoms with van der Waals surface area (Å²) < 4.78 is 5.53. The first kappa shape index (κ1) is 15.4. The topological polar surface area (TPSA) is 61.8 Å². The Morgan fingerprint density at radius 2 is 2.00 bits per heavy atom. The van der Waals surface area contributed by atoms with Gasteiger partial charge in [-0.25, -0.2) is 0 Å². The van der Waals surface area contributed by atoms with Gasteiger partial charge in [-0.15, -0.1) is 0 Å². The Morgan fingerprint density at radius 3 is 2.39 bits per heavy atom. The molecule has 106 valence electrons. The number of piperidine rings is 1. The zero-order valence-electron chi connectivity index (χ0n) is 12.0. The van der Waals surface area contributed by atoms with E-state index in [-0.39, 0.29) is 5.91 Å². The van der Waals surface area contributed by atoms with E-state index < -0.39 is 11.2 Å². The Hall–Kier alpha value is -0.650. The third kappa shape index (κ3) is 3.67. The van der Waals surface area contributed by atoms with Crippen molar-refractivity contribution in [2.75, 3.05) is 33.3 Å². The number of amides is 1. The lowest BCUT2D eigenvalue weighted by atomic mass is 9.90. The maximum Gasteiger partial charge on any atom is 0.254 e. The number of nitrogens with zero attached hydrogens (tertiary/aromatic N) is 1. The third-order valence-electron chi connectivity index (χ3n) is 3.44. The van der Waals surface area contributed by atoms with Crippen LogP contribution in [0.3, 0.4) is 0 Å². The minimum atomic E-state index is -0.881. The van der Waals surface area contributed by atoms with Gasteiger partial charge in [-0.3, -0.25) is 4.79 Å². The van der Waals surface area contributed by atoms with Gasteiger partial charge >= 0.3 is 0 Å². The molecule has 0 radical (unpaired) electrons. The largest absolute Gasteiger partial charge is 0.389 e. The molecule has 0 aliphatic carbocycles. The van der Waals surface area contributed by atoms with Crippen LogP contribution in [0, 0.1) is 0 Å². The molecule has 1 heterocycles. The molecule has 0 spiro atoms. The number of methoxy groups -OCH3 is 1. The van der Waals surface area contributed by atoms with Gasteiger partial charge < -0.3 is 20.1 Å². The second-order valence-corrected chi connectivity index (χ2v) is 5.58. The fraction of sp³-hybridized carbons (Fsp3) is 0.923. The summed E-state index contributed by atoms with van der Waals surface area (Å²) in [6.45, 7) is 7.85. The Kier molecular flexibility index (Phi) is 5.13. The minimum absolute atomic E-state index is 0.00359. The summed E-state index contributed by atoms with van der Waals surface area (Å²) >= 11 is 0. The number of likely N-dealkylation sites (N-methyl/N-ethyl adjacent to an activating group) is 1. The lowest BCUT2D eigenvalue weighted by Crippen LogP contribution is -2.57. The number of hydrogen-bond acceptors (Lipinski definition) is 4. The number of nitrogens with one attached hydrogen (secondary N) is 1. The first-order valence-corrected chi connectivity index (χ1v) is 6.62. The summed E-state index contributed by atoms with van der Waals surface area (Å²) in [6, 6.07) is 0. The number of rotatable bonds is 5. The Bertz CT molecular complexity index is 280. The van der Waals surface area contributed by atoms with Gasteiger partial charge in [0.2, 0.25) is 0 Å². The molecule has 1 fully saturated rings. The van der Waals surface area contributed by atoms with Gasteiger partial charge in [0.05, 0.1) is 5.60 Å². The lowest BCUT2D eigenvalue weighted by molar-refractivity contribution is -0.160. The summed E-state index contributed by atoms with van der Waals surface area (Å²) in [5.74, 6) is -0.00359. The quantitative estimate of drug-likeness (QED) is 0.748. The second kappa shape index (κ2) is 5.99. The van der Waals surface area contributed by atoms with Crippen molar-refractivity contribution in [3.05, 3.63) is 0 Å². The fourth-order valence-electron chi connectivity index (χ4n) is 2.42. The Morgan fingerprint density at radius 1 is 1.44 bits per heavy atom. The van der Waals surface area contributed by atoms with Gasteiger partial charge in [-0.05, 0) is 46.7 Å². The second-order valence-electron chi connectivity index (χ2n) is 5.58. The van der Waals surface area contributed by atoms with Gasteiger partial charge in [-0.2, -0.15) is 0 Å². The third-order valence-corrected chi connectivity index (χ3v) is 3.44. The van der Waals surface area contributed by atoms with E-state index in [1.54, 1.807) is 25.9 Å². The van der Waals surface area contributed by atoms with Gasteiger partial charge in [0.1, 0.15) is 5.60 Å². The van der Waals surface area contributed by atoms with E-state index in [4.69, 9.17) is 4.74 Å². The number of carbonyl (C=O) groups excluding carboxylic acids is 1. The Balaban J connectivity index is 2.80. The van der Waals surface area contributed by atoms with E-state index in [9.17, 15) is 9.90 Å². The summed E-state index contributed by atoms with van der Waals surface area (Å²) in [6.07, 6.45) is 1.37. The van der Waals surface area contributed by atoms with Crippen molar-refractivity contribution in [3.8, 4) is 0 Å². The summed E-state index contributed by atoms with van der Waals surface area (Å²) in [5, 5.41) is 13.1. The first-order chi connectivity index (χ1) is 8.34. The molecule has 1 saturated heterocycles. The van der Waals surface area contributed by atoms with Gasteiger partial charge in [0.15, 0.2) is 0 Å². The molecule has 5 heteroatoms. The van der Waals surface area contributed by atoms with Crippen LogP contribution in [-0.4, -0.2) is 60.4 Å². The molecular formula is C13H26N2O3. The summed E-state index contributed by atoms with van der Waals surface area (Å²) in [5.41, 5.74) is -1.60. The van der Waals surface area contributed by atoms with E-state index in [1.807, 2.05) is 6.92 Å². The molecule has 0 aromatic rings. The van der Waals surface area contributed by atoms with Crippen molar-refractivity contribution in [1.29, 1.82) is 0 Å². The highest BCUT2D eigenvalue weighted by molar-refractivity contribution is 5.85. The maximum absolute atomic E-state index is 12.6. The van der Waals surface area contributed by atoms with E-state index in [0.717, 1.165) is 13.1 Å². The average Bonchev–Trinajstić information content (AvgIpc) is 2.35. The van der Waals surface area contributed by atoms with E-state index >= 15 is 0 Å². The van der Waals surface area contributed by atoms with Crippen LogP contribution in [0.2, 0.25) is 0 Å². The lowest BCUT2D eigenvalue weighted by Gasteiger charge is -2.40. The molecule has 1 aliphatic heterocycles. The molecular weight excluding hydrogens is 232 g/mol. The van der Waals surface area contributed by atoms with Crippen molar-refractivity contribution < 1.29 is 14.6 Å². The standard InChI is InChI=1S/C13H26N2O3/c1-5-15(10-12(2,3)17)11(16)13(18-4)6-8-14-9-7-13/h14,17H,5-10H2,1-4H3. The molecule has 0 saturated carbocycles. The molecule has 0 aromatic carbocycles. The zero-order chi connectivity index (χ0) is 13.8. The highest BCUT2D eigenvalue weighted by atomic mass is 16.5. The first-order valence-electron chi connectivity index (χ1n) is 6.62. The van der Waals surface area contributed by atoms with Gasteiger partial charge in [-0.1, -0.05) is 0 Å². The van der Waals surface area contributed by atoms with Crippen LogP contribution in [0.15, 0.2) is 0 Å². The Labute approximate surface area is 109 Å². The van der Waals surface area contributed by atoms with Crippen molar-refractivity contribution in [3.63, 3.8) is 0 Å². The van der Waals surface area contributed by atoms with Crippen LogP contribution < -0.4 is 5.32 Å². The zero-order valence-corrected chi connectivity index (χ0v) is 12.0. The van der Waals surface area contributed by atoms with Gasteiger partial charge in [0, 0.05) is 20.2 Å². The van der Waals surface area contributed by atoms with Crippen LogP contribution in [0.25, 0.3) is 0 Å². The van der Waals surface area contributed by atoms with Crippen molar-refractivity contribution in [2.24, 2.45) is 0 Å². The number of ether oxygens (including phenoxy) is 1. The molecule has 18 heavy (non-hydrogen) atoms. The van der Waals surface area contributed by atoms with Crippen LogP contribution in [0.4, 0.5) is 0 Å². The fourth-order valence-corrected chi connectivity index (χ4v) is 2.42. The van der Waals surface area contributed by atoms with Crippen molar-refractivity contribution in [2.45, 2.75) is 44.8 Å². The SMILES string of the molecule is CCN(CC(C)(C)O)C(=O)C1(OC)CCNCC1. The van der Waals surface area contributed by atoms with E-state index in [1.165, 1.54) is 0 Å². The molecule has 1 aliphatic rings. The van der Waals surface area contributed by atoms with Crippen LogP contribution >= 0.6 is 0 Å². The molecule has 0 bridgehead atoms. The molecule has 0 aromatic heterocycles. The maximum atomic E-state index is 12.6. The normalized spacial score (nSPS) is 19.6. The summed E-state index contributed by atoms with van der Waals surface area (Å²) in [4.78, 5) is 14.3. The monoisotopic (exact) mass is 258 g/mol. The predicted molar refractivity (Wildman–Crippen MR) is 70.4 cm³/mol.